The summed E-state index contributed by atoms with van der Waals surface area (Å²) in [7, 11) is 0. The molecule has 1 fully saturated rings. The molecule has 0 spiro atoms. The highest BCUT2D eigenvalue weighted by Crippen LogP contribution is 2.30. The first-order chi connectivity index (χ1) is 8.63. The molecule has 2 N–H and O–H groups in total. The lowest BCUT2D eigenvalue weighted by Crippen LogP contribution is -2.45. The minimum atomic E-state index is -0.545. The second kappa shape index (κ2) is 5.54. The molecule has 5 heteroatoms. The van der Waals surface area contributed by atoms with Gasteiger partial charge in [-0.1, -0.05) is 0 Å². The summed E-state index contributed by atoms with van der Waals surface area (Å²) >= 11 is 0. The van der Waals surface area contributed by atoms with E-state index >= 15 is 0 Å². The summed E-state index contributed by atoms with van der Waals surface area (Å²) in [6.07, 6.45) is 2.80. The second-order valence-corrected chi connectivity index (χ2v) is 4.67. The lowest BCUT2D eigenvalue weighted by molar-refractivity contribution is -0.0317. The average molecular weight is 253 g/mol. The van der Waals surface area contributed by atoms with Crippen LogP contribution in [0.4, 0.5) is 0 Å². The molecular formula is C13H19NO4. The number of carbonyl (C=O) groups is 1. The van der Waals surface area contributed by atoms with E-state index in [0.717, 1.165) is 19.3 Å². The molecule has 0 unspecified atom stereocenters. The van der Waals surface area contributed by atoms with Gasteiger partial charge >= 0.3 is 5.97 Å². The molecule has 18 heavy (non-hydrogen) atoms. The van der Waals surface area contributed by atoms with E-state index in [1.807, 2.05) is 0 Å². The number of ether oxygens (including phenoxy) is 1. The predicted molar refractivity (Wildman–Crippen MR) is 65.2 cm³/mol. The average Bonchev–Trinajstić information content (AvgIpc) is 2.76. The van der Waals surface area contributed by atoms with E-state index in [0.29, 0.717) is 25.5 Å². The largest absolute Gasteiger partial charge is 0.460 e. The summed E-state index contributed by atoms with van der Waals surface area (Å²) in [5, 5.41) is 13.0. The summed E-state index contributed by atoms with van der Waals surface area (Å²) in [4.78, 5) is 11.4. The summed E-state index contributed by atoms with van der Waals surface area (Å²) in [6.45, 7) is 3.15. The normalized spacial score (nSPS) is 17.2. The molecule has 1 aliphatic carbocycles. The highest BCUT2D eigenvalue weighted by atomic mass is 16.5. The van der Waals surface area contributed by atoms with Gasteiger partial charge in [0.1, 0.15) is 5.76 Å². The number of aliphatic hydroxyl groups is 1. The molecule has 1 aromatic rings. The van der Waals surface area contributed by atoms with Gasteiger partial charge in [-0.05, 0) is 38.3 Å². The Morgan fingerprint density at radius 3 is 2.94 bits per heavy atom. The first-order valence-corrected chi connectivity index (χ1v) is 6.32. The van der Waals surface area contributed by atoms with Gasteiger partial charge in [0.05, 0.1) is 18.8 Å². The van der Waals surface area contributed by atoms with Gasteiger partial charge in [-0.3, -0.25) is 0 Å². The van der Waals surface area contributed by atoms with E-state index in [1.165, 1.54) is 0 Å². The summed E-state index contributed by atoms with van der Waals surface area (Å²) in [6, 6.07) is 3.34. The zero-order valence-electron chi connectivity index (χ0n) is 10.6. The van der Waals surface area contributed by atoms with Crippen LogP contribution in [0.25, 0.3) is 0 Å². The number of hydrogen-bond donors (Lipinski definition) is 2. The number of esters is 1. The summed E-state index contributed by atoms with van der Waals surface area (Å²) in [5.41, 5.74) is -0.545. The SMILES string of the molecule is CCOC(=O)c1ccc(CNCC2(O)CCC2)o1. The Morgan fingerprint density at radius 2 is 2.33 bits per heavy atom. The quantitative estimate of drug-likeness (QED) is 0.751. The molecule has 1 aromatic heterocycles. The van der Waals surface area contributed by atoms with Crippen LogP contribution in [0.15, 0.2) is 16.5 Å². The van der Waals surface area contributed by atoms with Gasteiger partial charge in [0.15, 0.2) is 0 Å². The molecule has 2 rings (SSSR count). The Balaban J connectivity index is 1.78. The topological polar surface area (TPSA) is 71.7 Å². The molecule has 0 amide bonds. The van der Waals surface area contributed by atoms with Crippen molar-refractivity contribution in [2.75, 3.05) is 13.2 Å². The molecule has 100 valence electrons. The number of rotatable bonds is 6. The third-order valence-electron chi connectivity index (χ3n) is 3.18. The zero-order valence-corrected chi connectivity index (χ0v) is 10.6. The van der Waals surface area contributed by atoms with Crippen LogP contribution >= 0.6 is 0 Å². The number of furan rings is 1. The van der Waals surface area contributed by atoms with Crippen LogP contribution in [0.5, 0.6) is 0 Å². The fourth-order valence-corrected chi connectivity index (χ4v) is 1.96. The minimum absolute atomic E-state index is 0.219. The van der Waals surface area contributed by atoms with E-state index in [4.69, 9.17) is 9.15 Å². The van der Waals surface area contributed by atoms with Crippen LogP contribution in [0, 0.1) is 0 Å². The van der Waals surface area contributed by atoms with Gasteiger partial charge in [-0.15, -0.1) is 0 Å². The third kappa shape index (κ3) is 3.11. The van der Waals surface area contributed by atoms with Crippen LogP contribution in [0.2, 0.25) is 0 Å². The lowest BCUT2D eigenvalue weighted by Gasteiger charge is -2.36. The van der Waals surface area contributed by atoms with Crippen molar-refractivity contribution < 1.29 is 19.1 Å². The van der Waals surface area contributed by atoms with E-state index in [2.05, 4.69) is 5.32 Å². The first-order valence-electron chi connectivity index (χ1n) is 6.32. The number of carbonyl (C=O) groups excluding carboxylic acids is 1. The molecular weight excluding hydrogens is 234 g/mol. The summed E-state index contributed by atoms with van der Waals surface area (Å²) in [5.74, 6) is 0.443. The van der Waals surface area contributed by atoms with Crippen molar-refractivity contribution in [2.45, 2.75) is 38.3 Å². The minimum Gasteiger partial charge on any atom is -0.460 e. The molecule has 0 aromatic carbocycles. The molecule has 0 bridgehead atoms. The van der Waals surface area contributed by atoms with Crippen molar-refractivity contribution in [2.24, 2.45) is 0 Å². The van der Waals surface area contributed by atoms with Gasteiger partial charge in [0.2, 0.25) is 5.76 Å². The Labute approximate surface area is 106 Å². The molecule has 0 aliphatic heterocycles. The molecule has 0 radical (unpaired) electrons. The maximum Gasteiger partial charge on any atom is 0.374 e. The van der Waals surface area contributed by atoms with Gasteiger partial charge in [-0.2, -0.15) is 0 Å². The van der Waals surface area contributed by atoms with Crippen LogP contribution in [0.3, 0.4) is 0 Å². The van der Waals surface area contributed by atoms with Crippen molar-refractivity contribution >= 4 is 5.97 Å². The monoisotopic (exact) mass is 253 g/mol. The van der Waals surface area contributed by atoms with Crippen LogP contribution in [-0.2, 0) is 11.3 Å². The lowest BCUT2D eigenvalue weighted by atomic mass is 9.80. The van der Waals surface area contributed by atoms with Crippen molar-refractivity contribution in [3.8, 4) is 0 Å². The fourth-order valence-electron chi connectivity index (χ4n) is 1.96. The van der Waals surface area contributed by atoms with Crippen molar-refractivity contribution in [1.82, 2.24) is 5.32 Å². The van der Waals surface area contributed by atoms with Crippen molar-refractivity contribution in [3.63, 3.8) is 0 Å². The van der Waals surface area contributed by atoms with Gasteiger partial charge in [0.25, 0.3) is 0 Å². The fraction of sp³-hybridized carbons (Fsp3) is 0.615. The number of nitrogens with one attached hydrogen (secondary N) is 1. The predicted octanol–water partition coefficient (Wildman–Crippen LogP) is 1.46. The maximum absolute atomic E-state index is 11.4. The molecule has 1 heterocycles. The van der Waals surface area contributed by atoms with Crippen LogP contribution in [-0.4, -0.2) is 29.8 Å². The van der Waals surface area contributed by atoms with E-state index in [1.54, 1.807) is 19.1 Å². The smallest absolute Gasteiger partial charge is 0.374 e. The highest BCUT2D eigenvalue weighted by Gasteiger charge is 2.33. The second-order valence-electron chi connectivity index (χ2n) is 4.67. The van der Waals surface area contributed by atoms with Gasteiger partial charge in [0, 0.05) is 6.54 Å². The molecule has 0 atom stereocenters. The Kier molecular flexibility index (Phi) is 4.04. The van der Waals surface area contributed by atoms with E-state index in [9.17, 15) is 9.90 Å². The molecule has 1 saturated carbocycles. The van der Waals surface area contributed by atoms with E-state index in [-0.39, 0.29) is 5.76 Å². The Hall–Kier alpha value is -1.33. The summed E-state index contributed by atoms with van der Waals surface area (Å²) < 4.78 is 10.2. The molecule has 0 saturated heterocycles. The Morgan fingerprint density at radius 1 is 1.56 bits per heavy atom. The maximum atomic E-state index is 11.4. The first kappa shape index (κ1) is 13.1. The van der Waals surface area contributed by atoms with Crippen molar-refractivity contribution in [3.05, 3.63) is 23.7 Å². The van der Waals surface area contributed by atoms with Gasteiger partial charge in [-0.25, -0.2) is 4.79 Å². The van der Waals surface area contributed by atoms with Crippen LogP contribution < -0.4 is 5.32 Å². The highest BCUT2D eigenvalue weighted by molar-refractivity contribution is 5.86. The standard InChI is InChI=1S/C13H19NO4/c1-2-17-12(15)11-5-4-10(18-11)8-14-9-13(16)6-3-7-13/h4-5,14,16H,2-3,6-9H2,1H3. The molecule has 5 nitrogen and oxygen atoms in total. The van der Waals surface area contributed by atoms with Crippen molar-refractivity contribution in [1.29, 1.82) is 0 Å². The third-order valence-corrected chi connectivity index (χ3v) is 3.18. The van der Waals surface area contributed by atoms with E-state index < -0.39 is 11.6 Å². The van der Waals surface area contributed by atoms with Crippen LogP contribution in [0.1, 0.15) is 42.5 Å². The van der Waals surface area contributed by atoms with Gasteiger partial charge < -0.3 is 19.6 Å². The zero-order chi connectivity index (χ0) is 13.0. The number of hydrogen-bond acceptors (Lipinski definition) is 5. The molecule has 1 aliphatic rings. The Bertz CT molecular complexity index is 409.